The molecule has 23 heavy (non-hydrogen) atoms. The van der Waals surface area contributed by atoms with E-state index in [0.29, 0.717) is 0 Å². The fraction of sp³-hybridized carbons (Fsp3) is 0.190. The summed E-state index contributed by atoms with van der Waals surface area (Å²) in [5.41, 5.74) is 12.7. The minimum absolute atomic E-state index is 0.762. The van der Waals surface area contributed by atoms with E-state index in [1.54, 1.807) is 0 Å². The highest BCUT2D eigenvalue weighted by molar-refractivity contribution is 5.86. The maximum atomic E-state index is 6.18. The van der Waals surface area contributed by atoms with Gasteiger partial charge in [0.25, 0.3) is 0 Å². The van der Waals surface area contributed by atoms with Gasteiger partial charge in [-0.2, -0.15) is 0 Å². The van der Waals surface area contributed by atoms with E-state index in [1.165, 1.54) is 24.0 Å². The maximum Gasteiger partial charge on any atom is 0.0801 e. The number of anilines is 1. The molecule has 0 bridgehead atoms. The van der Waals surface area contributed by atoms with Gasteiger partial charge in [0.2, 0.25) is 0 Å². The lowest BCUT2D eigenvalue weighted by Crippen LogP contribution is -1.96. The average Bonchev–Trinajstić information content (AvgIpc) is 2.61. The Balaban J connectivity index is 2.14. The number of nitrogens with zero attached hydrogens (tertiary/aromatic N) is 1. The lowest BCUT2D eigenvalue weighted by atomic mass is 9.93. The molecule has 2 nitrogen and oxygen atoms in total. The lowest BCUT2D eigenvalue weighted by molar-refractivity contribution is 0.796. The van der Waals surface area contributed by atoms with E-state index in [4.69, 9.17) is 5.73 Å². The molecule has 0 aliphatic rings. The highest BCUT2D eigenvalue weighted by atomic mass is 14.7. The van der Waals surface area contributed by atoms with Crippen molar-refractivity contribution in [3.8, 4) is 22.4 Å². The topological polar surface area (TPSA) is 38.9 Å². The molecule has 1 aromatic heterocycles. The molecule has 2 heteroatoms. The Hall–Kier alpha value is -2.61. The number of hydrogen-bond donors (Lipinski definition) is 1. The van der Waals surface area contributed by atoms with Gasteiger partial charge in [-0.05, 0) is 36.1 Å². The molecule has 2 N–H and O–H groups in total. The molecule has 0 fully saturated rings. The molecule has 0 saturated carbocycles. The summed E-state index contributed by atoms with van der Waals surface area (Å²) in [5, 5.41) is 0. The molecular weight excluding hydrogens is 280 g/mol. The van der Waals surface area contributed by atoms with Crippen molar-refractivity contribution in [3.63, 3.8) is 0 Å². The summed E-state index contributed by atoms with van der Waals surface area (Å²) in [4.78, 5) is 4.63. The van der Waals surface area contributed by atoms with E-state index >= 15 is 0 Å². The molecule has 116 valence electrons. The number of aryl methyl sites for hydroxylation is 1. The van der Waals surface area contributed by atoms with E-state index < -0.39 is 0 Å². The summed E-state index contributed by atoms with van der Waals surface area (Å²) in [6, 6.07) is 20.7. The monoisotopic (exact) mass is 302 g/mol. The van der Waals surface area contributed by atoms with Crippen molar-refractivity contribution in [2.24, 2.45) is 0 Å². The molecule has 0 atom stereocenters. The Morgan fingerprint density at radius 3 is 2.30 bits per heavy atom. The van der Waals surface area contributed by atoms with Crippen LogP contribution in [-0.2, 0) is 6.42 Å². The zero-order chi connectivity index (χ0) is 16.1. The zero-order valence-electron chi connectivity index (χ0n) is 13.5. The Bertz CT molecular complexity index is 793. The van der Waals surface area contributed by atoms with Gasteiger partial charge in [-0.3, -0.25) is 4.98 Å². The van der Waals surface area contributed by atoms with Crippen LogP contribution >= 0.6 is 0 Å². The molecule has 0 aliphatic carbocycles. The first-order valence-corrected chi connectivity index (χ1v) is 8.19. The van der Waals surface area contributed by atoms with Crippen molar-refractivity contribution >= 4 is 5.69 Å². The second-order valence-corrected chi connectivity index (χ2v) is 5.75. The van der Waals surface area contributed by atoms with Crippen LogP contribution in [0.25, 0.3) is 22.4 Å². The van der Waals surface area contributed by atoms with Gasteiger partial charge in [-0.15, -0.1) is 0 Å². The van der Waals surface area contributed by atoms with Crippen molar-refractivity contribution in [1.82, 2.24) is 4.98 Å². The number of rotatable bonds is 5. The van der Waals surface area contributed by atoms with Gasteiger partial charge in [0.1, 0.15) is 0 Å². The highest BCUT2D eigenvalue weighted by Gasteiger charge is 2.13. The molecule has 0 unspecified atom stereocenters. The predicted molar refractivity (Wildman–Crippen MR) is 98.1 cm³/mol. The largest absolute Gasteiger partial charge is 0.398 e. The van der Waals surface area contributed by atoms with Gasteiger partial charge in [-0.25, -0.2) is 0 Å². The van der Waals surface area contributed by atoms with Crippen LogP contribution in [0, 0.1) is 0 Å². The van der Waals surface area contributed by atoms with Crippen molar-refractivity contribution in [2.75, 3.05) is 5.73 Å². The third-order valence-corrected chi connectivity index (χ3v) is 4.13. The van der Waals surface area contributed by atoms with Crippen LogP contribution < -0.4 is 5.73 Å². The molecule has 2 aromatic carbocycles. The summed E-state index contributed by atoms with van der Waals surface area (Å²) in [7, 11) is 0. The summed E-state index contributed by atoms with van der Waals surface area (Å²) >= 11 is 0. The summed E-state index contributed by atoms with van der Waals surface area (Å²) in [6.07, 6.45) is 5.31. The van der Waals surface area contributed by atoms with Gasteiger partial charge in [0.05, 0.1) is 5.69 Å². The number of hydrogen-bond acceptors (Lipinski definition) is 2. The fourth-order valence-corrected chi connectivity index (χ4v) is 2.92. The van der Waals surface area contributed by atoms with E-state index in [0.717, 1.165) is 28.9 Å². The summed E-state index contributed by atoms with van der Waals surface area (Å²) < 4.78 is 0. The van der Waals surface area contributed by atoms with Crippen LogP contribution in [0.2, 0.25) is 0 Å². The van der Waals surface area contributed by atoms with Crippen molar-refractivity contribution in [2.45, 2.75) is 26.2 Å². The fourth-order valence-electron chi connectivity index (χ4n) is 2.92. The van der Waals surface area contributed by atoms with Crippen LogP contribution in [0.3, 0.4) is 0 Å². The van der Waals surface area contributed by atoms with Gasteiger partial charge in [0.15, 0.2) is 0 Å². The SMILES string of the molecule is CCCCc1ccccc1-c1cccnc1-c1ccccc1N. The van der Waals surface area contributed by atoms with E-state index in [-0.39, 0.29) is 0 Å². The van der Waals surface area contributed by atoms with Crippen LogP contribution in [0.5, 0.6) is 0 Å². The molecular formula is C21H22N2. The van der Waals surface area contributed by atoms with Crippen molar-refractivity contribution < 1.29 is 0 Å². The number of unbranched alkanes of at least 4 members (excludes halogenated alkanes) is 1. The van der Waals surface area contributed by atoms with Crippen molar-refractivity contribution in [3.05, 3.63) is 72.4 Å². The van der Waals surface area contributed by atoms with Gasteiger partial charge >= 0.3 is 0 Å². The summed E-state index contributed by atoms with van der Waals surface area (Å²) in [6.45, 7) is 2.22. The maximum absolute atomic E-state index is 6.18. The van der Waals surface area contributed by atoms with E-state index in [2.05, 4.69) is 42.2 Å². The number of pyridine rings is 1. The van der Waals surface area contributed by atoms with Gasteiger partial charge in [-0.1, -0.05) is 61.9 Å². The van der Waals surface area contributed by atoms with Crippen LogP contribution in [0.1, 0.15) is 25.3 Å². The molecule has 0 spiro atoms. The Morgan fingerprint density at radius 1 is 0.826 bits per heavy atom. The molecule has 0 radical (unpaired) electrons. The highest BCUT2D eigenvalue weighted by Crippen LogP contribution is 2.35. The standard InChI is InChI=1S/C21H22N2/c1-2-3-9-16-10-4-5-11-17(16)18-13-8-15-23-21(18)19-12-6-7-14-20(19)22/h4-8,10-15H,2-3,9,22H2,1H3. The van der Waals surface area contributed by atoms with Gasteiger partial charge < -0.3 is 5.73 Å². The van der Waals surface area contributed by atoms with Gasteiger partial charge in [0, 0.05) is 23.0 Å². The molecule has 1 heterocycles. The number of nitrogens with two attached hydrogens (primary N) is 1. The smallest absolute Gasteiger partial charge is 0.0801 e. The second kappa shape index (κ2) is 7.10. The average molecular weight is 302 g/mol. The molecule has 0 aliphatic heterocycles. The normalized spacial score (nSPS) is 10.7. The zero-order valence-corrected chi connectivity index (χ0v) is 13.5. The number of nitrogen functional groups attached to an aromatic ring is 1. The minimum Gasteiger partial charge on any atom is -0.398 e. The lowest BCUT2D eigenvalue weighted by Gasteiger charge is -2.14. The minimum atomic E-state index is 0.762. The first kappa shape index (κ1) is 15.3. The number of aromatic nitrogens is 1. The first-order chi connectivity index (χ1) is 11.3. The Kier molecular flexibility index (Phi) is 4.72. The molecule has 3 rings (SSSR count). The molecule has 3 aromatic rings. The predicted octanol–water partition coefficient (Wildman–Crippen LogP) is 5.34. The number of benzene rings is 2. The Labute approximate surface area is 138 Å². The van der Waals surface area contributed by atoms with Crippen LogP contribution in [0.4, 0.5) is 5.69 Å². The third kappa shape index (κ3) is 3.26. The molecule has 0 amide bonds. The van der Waals surface area contributed by atoms with E-state index in [9.17, 15) is 0 Å². The van der Waals surface area contributed by atoms with E-state index in [1.807, 2.05) is 36.5 Å². The second-order valence-electron chi connectivity index (χ2n) is 5.75. The number of para-hydroxylation sites is 1. The first-order valence-electron chi connectivity index (χ1n) is 8.19. The van der Waals surface area contributed by atoms with Crippen LogP contribution in [-0.4, -0.2) is 4.98 Å². The Morgan fingerprint density at radius 2 is 1.52 bits per heavy atom. The van der Waals surface area contributed by atoms with Crippen molar-refractivity contribution in [1.29, 1.82) is 0 Å². The summed E-state index contributed by atoms with van der Waals surface area (Å²) in [5.74, 6) is 0. The van der Waals surface area contributed by atoms with Crippen LogP contribution in [0.15, 0.2) is 66.9 Å². The molecule has 0 saturated heterocycles. The quantitative estimate of drug-likeness (QED) is 0.646. The third-order valence-electron chi connectivity index (χ3n) is 4.13.